The highest BCUT2D eigenvalue weighted by atomic mass is 31.2. The minimum Gasteiger partial charge on any atom is -0.431 e. The van der Waals surface area contributed by atoms with Crippen molar-refractivity contribution < 1.29 is 18.4 Å². The van der Waals surface area contributed by atoms with Gasteiger partial charge in [-0.3, -0.25) is 4.79 Å². The highest BCUT2D eigenvalue weighted by molar-refractivity contribution is 7.41. The maximum atomic E-state index is 10.7. The third kappa shape index (κ3) is 7.01. The number of ketones is 1. The van der Waals surface area contributed by atoms with Crippen molar-refractivity contribution in [2.24, 2.45) is 0 Å². The fraction of sp³-hybridized carbons (Fsp3) is 0.667. The molecule has 14 heavy (non-hydrogen) atoms. The van der Waals surface area contributed by atoms with Gasteiger partial charge < -0.3 is 13.6 Å². The van der Waals surface area contributed by atoms with Crippen LogP contribution in [0, 0.1) is 0 Å². The minimum atomic E-state index is -1.35. The maximum Gasteiger partial charge on any atom is 0.396 e. The van der Waals surface area contributed by atoms with Gasteiger partial charge in [0.05, 0.1) is 13.2 Å². The van der Waals surface area contributed by atoms with E-state index in [1.807, 2.05) is 13.8 Å². The van der Waals surface area contributed by atoms with Crippen LogP contribution in [0.1, 0.15) is 27.7 Å². The summed E-state index contributed by atoms with van der Waals surface area (Å²) >= 11 is 0. The van der Waals surface area contributed by atoms with E-state index in [4.69, 9.17) is 13.6 Å². The molecule has 0 aliphatic heterocycles. The summed E-state index contributed by atoms with van der Waals surface area (Å²) in [5.41, 5.74) is 0. The van der Waals surface area contributed by atoms with E-state index in [1.54, 1.807) is 6.92 Å². The van der Waals surface area contributed by atoms with Crippen LogP contribution in [0.5, 0.6) is 0 Å². The summed E-state index contributed by atoms with van der Waals surface area (Å²) in [5, 5.41) is 0. The molecule has 0 radical (unpaired) electrons. The Labute approximate surface area is 86.2 Å². The summed E-state index contributed by atoms with van der Waals surface area (Å²) in [5.74, 6) is 0.468. The molecule has 0 fully saturated rings. The second-order valence-corrected chi connectivity index (χ2v) is 3.66. The van der Waals surface area contributed by atoms with Crippen molar-refractivity contribution in [3.05, 3.63) is 11.8 Å². The summed E-state index contributed by atoms with van der Waals surface area (Å²) in [7, 11) is -1.35. The zero-order valence-electron chi connectivity index (χ0n) is 9.07. The molecule has 5 heteroatoms. The molecular formula is C9H17O4P. The Hall–Kier alpha value is -0.440. The third-order valence-electron chi connectivity index (χ3n) is 1.09. The summed E-state index contributed by atoms with van der Waals surface area (Å²) in [6.07, 6.45) is 1.41. The molecule has 0 aromatic carbocycles. The molecule has 0 aromatic heterocycles. The first-order valence-electron chi connectivity index (χ1n) is 4.52. The lowest BCUT2D eigenvalue weighted by Crippen LogP contribution is -1.95. The van der Waals surface area contributed by atoms with Gasteiger partial charge in [0, 0.05) is 6.08 Å². The fourth-order valence-electron chi connectivity index (χ4n) is 0.731. The molecule has 0 aliphatic rings. The van der Waals surface area contributed by atoms with E-state index in [1.165, 1.54) is 13.0 Å². The van der Waals surface area contributed by atoms with Gasteiger partial charge in [-0.15, -0.1) is 0 Å². The number of carbonyl (C=O) groups excluding carboxylic acids is 1. The van der Waals surface area contributed by atoms with Crippen LogP contribution in [-0.4, -0.2) is 19.0 Å². The smallest absolute Gasteiger partial charge is 0.396 e. The Bertz CT molecular complexity index is 197. The van der Waals surface area contributed by atoms with Crippen LogP contribution in [-0.2, 0) is 18.4 Å². The highest BCUT2D eigenvalue weighted by Crippen LogP contribution is 2.41. The lowest BCUT2D eigenvalue weighted by molar-refractivity contribution is -0.112. The van der Waals surface area contributed by atoms with Crippen molar-refractivity contribution in [2.75, 3.05) is 13.2 Å². The Morgan fingerprint density at radius 2 is 1.71 bits per heavy atom. The first-order chi connectivity index (χ1) is 6.60. The Balaban J connectivity index is 4.07. The number of rotatable bonds is 7. The Morgan fingerprint density at radius 1 is 1.21 bits per heavy atom. The number of allylic oxidation sites excluding steroid dienone is 2. The molecular weight excluding hydrogens is 203 g/mol. The summed E-state index contributed by atoms with van der Waals surface area (Å²) in [6.45, 7) is 7.95. The second kappa shape index (κ2) is 7.92. The molecule has 0 N–H and O–H groups in total. The minimum absolute atomic E-state index is 0.0505. The summed E-state index contributed by atoms with van der Waals surface area (Å²) < 4.78 is 15.7. The van der Waals surface area contributed by atoms with E-state index in [0.717, 1.165) is 0 Å². The molecule has 0 bridgehead atoms. The van der Waals surface area contributed by atoms with Crippen molar-refractivity contribution in [2.45, 2.75) is 27.7 Å². The Kier molecular flexibility index (Phi) is 7.67. The number of hydrogen-bond donors (Lipinski definition) is 0. The van der Waals surface area contributed by atoms with Crippen LogP contribution in [0.15, 0.2) is 11.8 Å². The third-order valence-corrected chi connectivity index (χ3v) is 2.47. The molecule has 0 aromatic rings. The summed E-state index contributed by atoms with van der Waals surface area (Å²) in [4.78, 5) is 10.7. The molecule has 0 aliphatic carbocycles. The standard InChI is InChI=1S/C9H17O4P/c1-5-11-14(12-6-2)13-9(4)7-8(3)10/h7H,5-6H2,1-4H3. The van der Waals surface area contributed by atoms with E-state index in [0.29, 0.717) is 19.0 Å². The molecule has 0 atom stereocenters. The average molecular weight is 220 g/mol. The zero-order valence-corrected chi connectivity index (χ0v) is 9.97. The molecule has 0 spiro atoms. The van der Waals surface area contributed by atoms with Gasteiger partial charge in [-0.25, -0.2) is 0 Å². The second-order valence-electron chi connectivity index (χ2n) is 2.52. The van der Waals surface area contributed by atoms with Crippen molar-refractivity contribution >= 4 is 14.4 Å². The summed E-state index contributed by atoms with van der Waals surface area (Å²) in [6, 6.07) is 0. The van der Waals surface area contributed by atoms with Crippen LogP contribution in [0.3, 0.4) is 0 Å². The van der Waals surface area contributed by atoms with E-state index >= 15 is 0 Å². The van der Waals surface area contributed by atoms with Gasteiger partial charge in [0.1, 0.15) is 5.76 Å². The van der Waals surface area contributed by atoms with Crippen LogP contribution in [0.25, 0.3) is 0 Å². The van der Waals surface area contributed by atoms with Gasteiger partial charge in [0.25, 0.3) is 0 Å². The maximum absolute atomic E-state index is 10.7. The largest absolute Gasteiger partial charge is 0.431 e. The number of hydrogen-bond acceptors (Lipinski definition) is 4. The SMILES string of the molecule is CCOP(OCC)OC(C)=CC(C)=O. The normalized spacial score (nSPS) is 11.9. The van der Waals surface area contributed by atoms with Crippen LogP contribution in [0.2, 0.25) is 0 Å². The monoisotopic (exact) mass is 220 g/mol. The van der Waals surface area contributed by atoms with Gasteiger partial charge in [-0.05, 0) is 27.7 Å². The molecule has 0 unspecified atom stereocenters. The van der Waals surface area contributed by atoms with E-state index < -0.39 is 8.60 Å². The highest BCUT2D eigenvalue weighted by Gasteiger charge is 2.12. The van der Waals surface area contributed by atoms with Crippen molar-refractivity contribution in [3.63, 3.8) is 0 Å². The molecule has 0 heterocycles. The molecule has 4 nitrogen and oxygen atoms in total. The lowest BCUT2D eigenvalue weighted by Gasteiger charge is -2.15. The quantitative estimate of drug-likeness (QED) is 0.376. The van der Waals surface area contributed by atoms with Gasteiger partial charge >= 0.3 is 8.60 Å². The molecule has 0 amide bonds. The zero-order chi connectivity index (χ0) is 11.0. The van der Waals surface area contributed by atoms with Crippen molar-refractivity contribution in [3.8, 4) is 0 Å². The van der Waals surface area contributed by atoms with E-state index in [9.17, 15) is 4.79 Å². The molecule has 0 saturated carbocycles. The van der Waals surface area contributed by atoms with Gasteiger partial charge in [-0.1, -0.05) is 0 Å². The van der Waals surface area contributed by atoms with Crippen LogP contribution < -0.4 is 0 Å². The lowest BCUT2D eigenvalue weighted by atomic mass is 10.4. The number of carbonyl (C=O) groups is 1. The topological polar surface area (TPSA) is 44.8 Å². The Morgan fingerprint density at radius 3 is 2.07 bits per heavy atom. The van der Waals surface area contributed by atoms with Crippen molar-refractivity contribution in [1.29, 1.82) is 0 Å². The van der Waals surface area contributed by atoms with Crippen molar-refractivity contribution in [1.82, 2.24) is 0 Å². The molecule has 0 rings (SSSR count). The van der Waals surface area contributed by atoms with E-state index in [-0.39, 0.29) is 5.78 Å². The average Bonchev–Trinajstić information content (AvgIpc) is 2.03. The van der Waals surface area contributed by atoms with E-state index in [2.05, 4.69) is 0 Å². The first-order valence-corrected chi connectivity index (χ1v) is 5.62. The predicted octanol–water partition coefficient (Wildman–Crippen LogP) is 2.80. The fourth-order valence-corrected chi connectivity index (χ4v) is 1.62. The predicted molar refractivity (Wildman–Crippen MR) is 55.7 cm³/mol. The van der Waals surface area contributed by atoms with Gasteiger partial charge in [-0.2, -0.15) is 0 Å². The van der Waals surface area contributed by atoms with Gasteiger partial charge in [0.2, 0.25) is 0 Å². The van der Waals surface area contributed by atoms with Crippen LogP contribution >= 0.6 is 8.60 Å². The molecule has 0 saturated heterocycles. The molecule has 82 valence electrons. The first kappa shape index (κ1) is 13.6. The van der Waals surface area contributed by atoms with Gasteiger partial charge in [0.15, 0.2) is 5.78 Å². The van der Waals surface area contributed by atoms with Crippen LogP contribution in [0.4, 0.5) is 0 Å².